The van der Waals surface area contributed by atoms with E-state index in [1.54, 1.807) is 11.8 Å². The van der Waals surface area contributed by atoms with Crippen LogP contribution in [0.2, 0.25) is 0 Å². The molecule has 29 heavy (non-hydrogen) atoms. The molecule has 0 spiro atoms. The van der Waals surface area contributed by atoms with Gasteiger partial charge in [0.1, 0.15) is 11.5 Å². The van der Waals surface area contributed by atoms with Crippen molar-refractivity contribution in [2.24, 2.45) is 0 Å². The molecule has 0 heterocycles. The molecular weight excluding hydrogens is 425 g/mol. The molecule has 3 aromatic rings. The Hall–Kier alpha value is -2.65. The van der Waals surface area contributed by atoms with Crippen LogP contribution in [-0.4, -0.2) is 21.0 Å². The van der Waals surface area contributed by atoms with Gasteiger partial charge in [-0.1, -0.05) is 48.2 Å². The second kappa shape index (κ2) is 10.2. The van der Waals surface area contributed by atoms with Crippen molar-refractivity contribution in [2.75, 3.05) is 7.11 Å². The molecule has 154 valence electrons. The summed E-state index contributed by atoms with van der Waals surface area (Å²) < 4.78 is 65.6. The topological polar surface area (TPSA) is 52.6 Å². The predicted molar refractivity (Wildman–Crippen MR) is 106 cm³/mol. The van der Waals surface area contributed by atoms with Gasteiger partial charge in [-0.05, 0) is 48.5 Å². The van der Waals surface area contributed by atoms with Crippen LogP contribution in [0.15, 0.2) is 94.7 Å². The molecule has 0 fully saturated rings. The summed E-state index contributed by atoms with van der Waals surface area (Å²) in [7, 11) is -4.25. The quantitative estimate of drug-likeness (QED) is 0.371. The largest absolute Gasteiger partial charge is 0.534 e. The maximum absolute atomic E-state index is 11.9. The smallest absolute Gasteiger partial charge is 0.497 e. The third kappa shape index (κ3) is 7.35. The summed E-state index contributed by atoms with van der Waals surface area (Å²) in [5, 5.41) is 0. The Kier molecular flexibility index (Phi) is 7.98. The molecule has 3 aromatic carbocycles. The van der Waals surface area contributed by atoms with E-state index in [1.165, 1.54) is 29.0 Å². The SMILES string of the molecule is COc1ccc(OS(=O)(=O)C(F)(F)F)cc1.c1ccc(Sc2ccccc2)cc1. The number of ether oxygens (including phenoxy) is 1. The van der Waals surface area contributed by atoms with Crippen molar-refractivity contribution < 1.29 is 30.5 Å². The summed E-state index contributed by atoms with van der Waals surface area (Å²) >= 11 is 1.79. The first-order valence-corrected chi connectivity index (χ1v) is 10.4. The lowest BCUT2D eigenvalue weighted by Crippen LogP contribution is -2.27. The third-order valence-electron chi connectivity index (χ3n) is 3.27. The molecular formula is C20H17F3O4S2. The highest BCUT2D eigenvalue weighted by Gasteiger charge is 2.48. The Morgan fingerprint density at radius 3 is 1.52 bits per heavy atom. The van der Waals surface area contributed by atoms with Crippen LogP contribution >= 0.6 is 11.8 Å². The van der Waals surface area contributed by atoms with Gasteiger partial charge in [0.25, 0.3) is 0 Å². The van der Waals surface area contributed by atoms with Crippen LogP contribution < -0.4 is 8.92 Å². The predicted octanol–water partition coefficient (Wildman–Crippen LogP) is 5.76. The maximum atomic E-state index is 11.9. The Bertz CT molecular complexity index is 938. The fourth-order valence-corrected chi connectivity index (χ4v) is 3.24. The van der Waals surface area contributed by atoms with Crippen LogP contribution in [0.5, 0.6) is 11.5 Å². The van der Waals surface area contributed by atoms with Gasteiger partial charge in [0.05, 0.1) is 7.11 Å². The second-order valence-corrected chi connectivity index (χ2v) is 8.07. The minimum atomic E-state index is -5.61. The van der Waals surface area contributed by atoms with E-state index in [-0.39, 0.29) is 0 Å². The first kappa shape index (κ1) is 22.6. The summed E-state index contributed by atoms with van der Waals surface area (Å²) in [6.07, 6.45) is 0. The molecule has 0 unspecified atom stereocenters. The van der Waals surface area contributed by atoms with Crippen molar-refractivity contribution in [3.05, 3.63) is 84.9 Å². The minimum absolute atomic E-state index is 0.372. The van der Waals surface area contributed by atoms with Crippen LogP contribution in [0.1, 0.15) is 0 Å². The summed E-state index contributed by atoms with van der Waals surface area (Å²) in [5.41, 5.74) is -5.44. The molecule has 0 aromatic heterocycles. The highest BCUT2D eigenvalue weighted by molar-refractivity contribution is 7.99. The van der Waals surface area contributed by atoms with Gasteiger partial charge in [-0.15, -0.1) is 0 Å². The van der Waals surface area contributed by atoms with Crippen molar-refractivity contribution in [3.8, 4) is 11.5 Å². The molecule has 9 heteroatoms. The lowest BCUT2D eigenvalue weighted by atomic mass is 10.3. The van der Waals surface area contributed by atoms with Gasteiger partial charge in [-0.3, -0.25) is 0 Å². The Labute approximate surface area is 171 Å². The van der Waals surface area contributed by atoms with Crippen molar-refractivity contribution in [1.82, 2.24) is 0 Å². The molecule has 0 bridgehead atoms. The lowest BCUT2D eigenvalue weighted by molar-refractivity contribution is -0.0500. The van der Waals surface area contributed by atoms with Gasteiger partial charge in [0.2, 0.25) is 0 Å². The summed E-state index contributed by atoms with van der Waals surface area (Å²) in [6, 6.07) is 25.5. The van der Waals surface area contributed by atoms with Gasteiger partial charge < -0.3 is 8.92 Å². The third-order valence-corrected chi connectivity index (χ3v) is 5.27. The monoisotopic (exact) mass is 442 g/mol. The van der Waals surface area contributed by atoms with Crippen molar-refractivity contribution in [3.63, 3.8) is 0 Å². The van der Waals surface area contributed by atoms with Crippen LogP contribution in [0.25, 0.3) is 0 Å². The summed E-state index contributed by atoms with van der Waals surface area (Å²) in [4.78, 5) is 2.57. The van der Waals surface area contributed by atoms with E-state index in [9.17, 15) is 21.6 Å². The van der Waals surface area contributed by atoms with Gasteiger partial charge >= 0.3 is 15.6 Å². The zero-order valence-electron chi connectivity index (χ0n) is 15.2. The highest BCUT2D eigenvalue weighted by atomic mass is 32.2. The number of alkyl halides is 3. The Morgan fingerprint density at radius 2 is 1.14 bits per heavy atom. The van der Waals surface area contributed by atoms with E-state index < -0.39 is 21.4 Å². The van der Waals surface area contributed by atoms with E-state index in [1.807, 2.05) is 12.1 Å². The van der Waals surface area contributed by atoms with E-state index >= 15 is 0 Å². The Morgan fingerprint density at radius 1 is 0.724 bits per heavy atom. The van der Waals surface area contributed by atoms with E-state index in [0.717, 1.165) is 12.1 Å². The molecule has 4 nitrogen and oxygen atoms in total. The maximum Gasteiger partial charge on any atom is 0.534 e. The zero-order valence-corrected chi connectivity index (χ0v) is 16.8. The lowest BCUT2D eigenvalue weighted by Gasteiger charge is -2.09. The number of rotatable bonds is 5. The molecule has 0 saturated carbocycles. The normalized spacial score (nSPS) is 11.2. The van der Waals surface area contributed by atoms with Gasteiger partial charge in [-0.25, -0.2) is 0 Å². The number of methoxy groups -OCH3 is 1. The van der Waals surface area contributed by atoms with Crippen LogP contribution in [0.4, 0.5) is 13.2 Å². The molecule has 0 amide bonds. The van der Waals surface area contributed by atoms with E-state index in [2.05, 4.69) is 52.7 Å². The fourth-order valence-electron chi connectivity index (χ4n) is 1.92. The molecule has 0 aliphatic rings. The van der Waals surface area contributed by atoms with Crippen LogP contribution in [0.3, 0.4) is 0 Å². The fraction of sp³-hybridized carbons (Fsp3) is 0.100. The number of benzene rings is 3. The van der Waals surface area contributed by atoms with E-state index in [4.69, 9.17) is 4.74 Å². The molecule has 0 atom stereocenters. The Balaban J connectivity index is 0.000000211. The van der Waals surface area contributed by atoms with Crippen LogP contribution in [-0.2, 0) is 10.1 Å². The molecule has 0 radical (unpaired) electrons. The van der Waals surface area contributed by atoms with Gasteiger partial charge in [-0.2, -0.15) is 21.6 Å². The average Bonchev–Trinajstić information content (AvgIpc) is 2.69. The number of hydrogen-bond donors (Lipinski definition) is 0. The summed E-state index contributed by atoms with van der Waals surface area (Å²) in [5.74, 6) is -0.0603. The second-order valence-electron chi connectivity index (χ2n) is 5.39. The standard InChI is InChI=1S/C12H10S.C8H7F3O4S/c1-3-7-11(8-4-1)13-12-9-5-2-6-10-12;1-14-6-2-4-7(5-3-6)15-16(12,13)8(9,10)11/h1-10H;2-5H,1H3. The van der Waals surface area contributed by atoms with Crippen molar-refractivity contribution >= 4 is 21.9 Å². The van der Waals surface area contributed by atoms with Gasteiger partial charge in [0.15, 0.2) is 0 Å². The van der Waals surface area contributed by atoms with E-state index in [0.29, 0.717) is 5.75 Å². The molecule has 0 aliphatic heterocycles. The first-order chi connectivity index (χ1) is 13.7. The summed E-state index contributed by atoms with van der Waals surface area (Å²) in [6.45, 7) is 0. The number of hydrogen-bond acceptors (Lipinski definition) is 5. The highest BCUT2D eigenvalue weighted by Crippen LogP contribution is 2.28. The first-order valence-electron chi connectivity index (χ1n) is 8.14. The molecule has 0 saturated heterocycles. The molecule has 0 aliphatic carbocycles. The zero-order chi connectivity index (χ0) is 21.3. The van der Waals surface area contributed by atoms with Crippen molar-refractivity contribution in [2.45, 2.75) is 15.3 Å². The average molecular weight is 442 g/mol. The molecule has 3 rings (SSSR count). The van der Waals surface area contributed by atoms with Crippen molar-refractivity contribution in [1.29, 1.82) is 0 Å². The van der Waals surface area contributed by atoms with Crippen LogP contribution in [0, 0.1) is 0 Å². The minimum Gasteiger partial charge on any atom is -0.497 e. The number of halogens is 3. The molecule has 0 N–H and O–H groups in total. The van der Waals surface area contributed by atoms with Gasteiger partial charge in [0, 0.05) is 9.79 Å².